The number of ether oxygens (including phenoxy) is 2. The Kier molecular flexibility index (Phi) is 7.55. The van der Waals surface area contributed by atoms with Gasteiger partial charge in [0.1, 0.15) is 11.6 Å². The van der Waals surface area contributed by atoms with Crippen LogP contribution < -0.4 is 10.1 Å². The molecule has 1 amide bonds. The van der Waals surface area contributed by atoms with Crippen LogP contribution in [0.5, 0.6) is 5.75 Å². The van der Waals surface area contributed by atoms with Crippen molar-refractivity contribution in [2.45, 2.75) is 32.6 Å². The number of halogens is 1. The highest BCUT2D eigenvalue weighted by molar-refractivity contribution is 5.80. The Morgan fingerprint density at radius 1 is 1.00 bits per heavy atom. The van der Waals surface area contributed by atoms with Crippen LogP contribution in [0, 0.1) is 5.82 Å². The minimum absolute atomic E-state index is 0.0388. The van der Waals surface area contributed by atoms with E-state index in [2.05, 4.69) is 26.1 Å². The van der Waals surface area contributed by atoms with E-state index < -0.39 is 18.5 Å². The number of hydrogen-bond donors (Lipinski definition) is 1. The SMILES string of the molecule is CC(C)(C)c1ccc(OCC(=O)OCC(=O)NCCc2ccccc2F)cc1. The molecule has 0 atom stereocenters. The molecule has 0 unspecified atom stereocenters. The summed E-state index contributed by atoms with van der Waals surface area (Å²) in [6, 6.07) is 13.9. The number of hydrogen-bond acceptors (Lipinski definition) is 4. The zero-order valence-electron chi connectivity index (χ0n) is 16.5. The van der Waals surface area contributed by atoms with Crippen molar-refractivity contribution < 1.29 is 23.5 Å². The van der Waals surface area contributed by atoms with Gasteiger partial charge in [-0.2, -0.15) is 0 Å². The molecule has 6 heteroatoms. The lowest BCUT2D eigenvalue weighted by Gasteiger charge is -2.19. The molecule has 0 aliphatic rings. The fourth-order valence-corrected chi connectivity index (χ4v) is 2.47. The van der Waals surface area contributed by atoms with Crippen molar-refractivity contribution in [3.63, 3.8) is 0 Å². The Morgan fingerprint density at radius 3 is 2.32 bits per heavy atom. The second kappa shape index (κ2) is 9.88. The zero-order valence-corrected chi connectivity index (χ0v) is 16.5. The number of amides is 1. The summed E-state index contributed by atoms with van der Waals surface area (Å²) in [5.41, 5.74) is 1.72. The van der Waals surface area contributed by atoms with E-state index in [9.17, 15) is 14.0 Å². The summed E-state index contributed by atoms with van der Waals surface area (Å²) in [4.78, 5) is 23.4. The van der Waals surface area contributed by atoms with Crippen molar-refractivity contribution in [2.24, 2.45) is 0 Å². The normalized spacial score (nSPS) is 11.0. The van der Waals surface area contributed by atoms with Crippen LogP contribution in [0.15, 0.2) is 48.5 Å². The first-order valence-electron chi connectivity index (χ1n) is 9.15. The van der Waals surface area contributed by atoms with E-state index in [0.29, 0.717) is 17.7 Å². The molecule has 5 nitrogen and oxygen atoms in total. The molecule has 0 aromatic heterocycles. The summed E-state index contributed by atoms with van der Waals surface area (Å²) in [7, 11) is 0. The van der Waals surface area contributed by atoms with Crippen LogP contribution in [0.2, 0.25) is 0 Å². The number of nitrogens with one attached hydrogen (secondary N) is 1. The first kappa shape index (κ1) is 21.4. The van der Waals surface area contributed by atoms with Crippen molar-refractivity contribution >= 4 is 11.9 Å². The largest absolute Gasteiger partial charge is 0.482 e. The first-order valence-corrected chi connectivity index (χ1v) is 9.15. The van der Waals surface area contributed by atoms with Gasteiger partial charge in [-0.05, 0) is 41.2 Å². The Morgan fingerprint density at radius 2 is 1.68 bits per heavy atom. The number of esters is 1. The second-order valence-corrected chi connectivity index (χ2v) is 7.42. The summed E-state index contributed by atoms with van der Waals surface area (Å²) >= 11 is 0. The lowest BCUT2D eigenvalue weighted by Crippen LogP contribution is -2.31. The number of carbonyl (C=O) groups excluding carboxylic acids is 2. The van der Waals surface area contributed by atoms with Crippen LogP contribution in [0.4, 0.5) is 4.39 Å². The van der Waals surface area contributed by atoms with Crippen LogP contribution in [-0.2, 0) is 26.2 Å². The first-order chi connectivity index (χ1) is 13.3. The van der Waals surface area contributed by atoms with Crippen molar-refractivity contribution in [1.82, 2.24) is 5.32 Å². The Hall–Kier alpha value is -2.89. The minimum Gasteiger partial charge on any atom is -0.482 e. The molecule has 1 N–H and O–H groups in total. The van der Waals surface area contributed by atoms with Crippen LogP contribution in [0.25, 0.3) is 0 Å². The van der Waals surface area contributed by atoms with E-state index in [4.69, 9.17) is 9.47 Å². The summed E-state index contributed by atoms with van der Waals surface area (Å²) < 4.78 is 23.7. The third-order valence-corrected chi connectivity index (χ3v) is 4.12. The lowest BCUT2D eigenvalue weighted by molar-refractivity contribution is -0.150. The van der Waals surface area contributed by atoms with E-state index in [1.807, 2.05) is 12.1 Å². The molecule has 2 aromatic rings. The quantitative estimate of drug-likeness (QED) is 0.705. The van der Waals surface area contributed by atoms with E-state index in [1.165, 1.54) is 6.07 Å². The monoisotopic (exact) mass is 387 g/mol. The second-order valence-electron chi connectivity index (χ2n) is 7.42. The van der Waals surface area contributed by atoms with Gasteiger partial charge in [-0.15, -0.1) is 0 Å². The summed E-state index contributed by atoms with van der Waals surface area (Å²) in [6.07, 6.45) is 0.361. The highest BCUT2D eigenvalue weighted by Gasteiger charge is 2.13. The Bertz CT molecular complexity index is 797. The highest BCUT2D eigenvalue weighted by Crippen LogP contribution is 2.24. The van der Waals surface area contributed by atoms with Gasteiger partial charge in [0.05, 0.1) is 0 Å². The lowest BCUT2D eigenvalue weighted by atomic mass is 9.87. The molecular weight excluding hydrogens is 361 g/mol. The average Bonchev–Trinajstić information content (AvgIpc) is 2.66. The highest BCUT2D eigenvalue weighted by atomic mass is 19.1. The van der Waals surface area contributed by atoms with Crippen molar-refractivity contribution in [2.75, 3.05) is 19.8 Å². The third kappa shape index (κ3) is 7.02. The van der Waals surface area contributed by atoms with Gasteiger partial charge in [-0.1, -0.05) is 51.1 Å². The molecule has 0 aliphatic carbocycles. The number of carbonyl (C=O) groups is 2. The van der Waals surface area contributed by atoms with Crippen LogP contribution in [-0.4, -0.2) is 31.6 Å². The summed E-state index contributed by atoms with van der Waals surface area (Å²) in [5.74, 6) is -0.835. The summed E-state index contributed by atoms with van der Waals surface area (Å²) in [6.45, 7) is 5.92. The fourth-order valence-electron chi connectivity index (χ4n) is 2.47. The van der Waals surface area contributed by atoms with Gasteiger partial charge in [0.15, 0.2) is 13.2 Å². The third-order valence-electron chi connectivity index (χ3n) is 4.12. The number of benzene rings is 2. The van der Waals surface area contributed by atoms with Crippen LogP contribution in [0.3, 0.4) is 0 Å². The van der Waals surface area contributed by atoms with E-state index in [0.717, 1.165) is 5.56 Å². The fraction of sp³-hybridized carbons (Fsp3) is 0.364. The van der Waals surface area contributed by atoms with Gasteiger partial charge in [-0.3, -0.25) is 4.79 Å². The van der Waals surface area contributed by atoms with Gasteiger partial charge in [-0.25, -0.2) is 9.18 Å². The molecule has 0 saturated heterocycles. The molecule has 0 saturated carbocycles. The maximum absolute atomic E-state index is 13.5. The molecule has 0 fully saturated rings. The van der Waals surface area contributed by atoms with E-state index in [1.54, 1.807) is 30.3 Å². The standard InChI is InChI=1S/C22H26FNO4/c1-22(2,3)17-8-10-18(11-9-17)27-15-21(26)28-14-20(25)24-13-12-16-6-4-5-7-19(16)23/h4-11H,12-15H2,1-3H3,(H,24,25). The smallest absolute Gasteiger partial charge is 0.344 e. The average molecular weight is 387 g/mol. The molecule has 0 heterocycles. The van der Waals surface area contributed by atoms with E-state index in [-0.39, 0.29) is 24.4 Å². The van der Waals surface area contributed by atoms with Gasteiger partial charge < -0.3 is 14.8 Å². The van der Waals surface area contributed by atoms with Crippen LogP contribution in [0.1, 0.15) is 31.9 Å². The Labute approximate surface area is 164 Å². The van der Waals surface area contributed by atoms with Gasteiger partial charge in [0.2, 0.25) is 0 Å². The Balaban J connectivity index is 1.65. The molecule has 0 bridgehead atoms. The topological polar surface area (TPSA) is 64.6 Å². The molecule has 0 radical (unpaired) electrons. The van der Waals surface area contributed by atoms with Gasteiger partial charge in [0.25, 0.3) is 5.91 Å². The molecule has 0 spiro atoms. The molecule has 2 rings (SSSR count). The van der Waals surface area contributed by atoms with Gasteiger partial charge in [0, 0.05) is 6.54 Å². The predicted octanol–water partition coefficient (Wildman–Crippen LogP) is 3.40. The maximum Gasteiger partial charge on any atom is 0.344 e. The maximum atomic E-state index is 13.5. The predicted molar refractivity (Wildman–Crippen MR) is 105 cm³/mol. The molecule has 2 aromatic carbocycles. The molecular formula is C22H26FNO4. The van der Waals surface area contributed by atoms with Crippen molar-refractivity contribution in [1.29, 1.82) is 0 Å². The minimum atomic E-state index is -0.635. The molecule has 0 aliphatic heterocycles. The molecule has 28 heavy (non-hydrogen) atoms. The number of rotatable bonds is 8. The zero-order chi connectivity index (χ0) is 20.6. The van der Waals surface area contributed by atoms with Crippen LogP contribution >= 0.6 is 0 Å². The van der Waals surface area contributed by atoms with E-state index >= 15 is 0 Å². The van der Waals surface area contributed by atoms with Crippen molar-refractivity contribution in [3.8, 4) is 5.75 Å². The summed E-state index contributed by atoms with van der Waals surface area (Å²) in [5, 5.41) is 2.58. The van der Waals surface area contributed by atoms with Crippen molar-refractivity contribution in [3.05, 3.63) is 65.5 Å². The molecule has 150 valence electrons. The van der Waals surface area contributed by atoms with Gasteiger partial charge >= 0.3 is 5.97 Å².